The van der Waals surface area contributed by atoms with Gasteiger partial charge in [0.2, 0.25) is 20.0 Å². The van der Waals surface area contributed by atoms with Gasteiger partial charge in [-0.25, -0.2) is 22.0 Å². The molecular formula is C9H12ClN3O4S2. The van der Waals surface area contributed by atoms with Gasteiger partial charge >= 0.3 is 0 Å². The summed E-state index contributed by atoms with van der Waals surface area (Å²) < 4.78 is 49.1. The maximum atomic E-state index is 12.0. The fourth-order valence-corrected chi connectivity index (χ4v) is 4.50. The Morgan fingerprint density at radius 2 is 1.89 bits per heavy atom. The van der Waals surface area contributed by atoms with Crippen molar-refractivity contribution in [3.8, 4) is 0 Å². The van der Waals surface area contributed by atoms with E-state index in [1.807, 2.05) is 0 Å². The van der Waals surface area contributed by atoms with Crippen molar-refractivity contribution in [2.75, 3.05) is 5.32 Å². The molecule has 0 spiro atoms. The molecule has 2 rings (SSSR count). The average molecular weight is 326 g/mol. The molecule has 7 nitrogen and oxygen atoms in total. The zero-order valence-electron chi connectivity index (χ0n) is 10.1. The summed E-state index contributed by atoms with van der Waals surface area (Å²) in [6.45, 7) is 3.24. The standard InChI is InChI=1S/C9H12ClN3O4S2/c1-9(2)12-6-3-5(10)7(18(11,14)15)4-8(6)19(16,17)13-9/h3-4,12-13H,1-2H3,(H2,11,14,15). The van der Waals surface area contributed by atoms with Gasteiger partial charge in [0.1, 0.15) is 9.79 Å². The Balaban J connectivity index is 2.78. The molecule has 0 aliphatic carbocycles. The molecule has 0 amide bonds. The first-order chi connectivity index (χ1) is 8.42. The van der Waals surface area contributed by atoms with E-state index in [1.54, 1.807) is 13.8 Å². The van der Waals surface area contributed by atoms with Crippen LogP contribution in [0.1, 0.15) is 13.8 Å². The molecule has 0 aromatic heterocycles. The van der Waals surface area contributed by atoms with E-state index in [1.165, 1.54) is 6.07 Å². The highest BCUT2D eigenvalue weighted by atomic mass is 35.5. The number of fused-ring (bicyclic) bond motifs is 1. The number of hydrogen-bond acceptors (Lipinski definition) is 5. The van der Waals surface area contributed by atoms with Crippen molar-refractivity contribution >= 4 is 37.3 Å². The third-order valence-corrected chi connectivity index (χ3v) is 5.54. The van der Waals surface area contributed by atoms with Crippen LogP contribution in [0.3, 0.4) is 0 Å². The Morgan fingerprint density at radius 1 is 1.32 bits per heavy atom. The molecule has 1 heterocycles. The summed E-state index contributed by atoms with van der Waals surface area (Å²) in [6, 6.07) is 2.17. The molecule has 0 saturated carbocycles. The van der Waals surface area contributed by atoms with Gasteiger partial charge in [0.15, 0.2) is 0 Å². The highest BCUT2D eigenvalue weighted by Crippen LogP contribution is 2.35. The van der Waals surface area contributed by atoms with Crippen molar-refractivity contribution in [1.29, 1.82) is 0 Å². The van der Waals surface area contributed by atoms with Crippen LogP contribution in [-0.4, -0.2) is 22.5 Å². The molecule has 19 heavy (non-hydrogen) atoms. The molecule has 1 aromatic rings. The van der Waals surface area contributed by atoms with Crippen LogP contribution in [0, 0.1) is 0 Å². The van der Waals surface area contributed by atoms with Crippen LogP contribution < -0.4 is 15.2 Å². The minimum atomic E-state index is -4.10. The number of nitrogens with one attached hydrogen (secondary N) is 2. The second-order valence-electron chi connectivity index (χ2n) is 4.68. The first kappa shape index (κ1) is 14.5. The van der Waals surface area contributed by atoms with Gasteiger partial charge in [-0.1, -0.05) is 11.6 Å². The number of anilines is 1. The van der Waals surface area contributed by atoms with E-state index in [-0.39, 0.29) is 15.6 Å². The Bertz CT molecular complexity index is 756. The Hall–Kier alpha value is -0.870. The predicted octanol–water partition coefficient (Wildman–Crippen LogP) is 0.427. The monoisotopic (exact) mass is 325 g/mol. The van der Waals surface area contributed by atoms with E-state index in [0.717, 1.165) is 6.07 Å². The van der Waals surface area contributed by atoms with E-state index >= 15 is 0 Å². The number of benzene rings is 1. The number of halogens is 1. The lowest BCUT2D eigenvalue weighted by atomic mass is 10.2. The zero-order valence-corrected chi connectivity index (χ0v) is 12.4. The minimum absolute atomic E-state index is 0.137. The van der Waals surface area contributed by atoms with Gasteiger partial charge in [-0.2, -0.15) is 4.72 Å². The van der Waals surface area contributed by atoms with Crippen LogP contribution in [0.25, 0.3) is 0 Å². The van der Waals surface area contributed by atoms with Crippen molar-refractivity contribution in [1.82, 2.24) is 4.72 Å². The molecule has 106 valence electrons. The minimum Gasteiger partial charge on any atom is -0.366 e. The topological polar surface area (TPSA) is 118 Å². The van der Waals surface area contributed by atoms with Crippen molar-refractivity contribution in [3.63, 3.8) is 0 Å². The highest BCUT2D eigenvalue weighted by molar-refractivity contribution is 7.90. The van der Waals surface area contributed by atoms with Gasteiger partial charge in [-0.3, -0.25) is 0 Å². The smallest absolute Gasteiger partial charge is 0.244 e. The molecule has 1 aromatic carbocycles. The van der Waals surface area contributed by atoms with Gasteiger partial charge in [0.05, 0.1) is 16.4 Å². The Morgan fingerprint density at radius 3 is 2.42 bits per heavy atom. The summed E-state index contributed by atoms with van der Waals surface area (Å²) in [6.07, 6.45) is 0. The maximum Gasteiger partial charge on any atom is 0.244 e. The average Bonchev–Trinajstić information content (AvgIpc) is 2.10. The third-order valence-electron chi connectivity index (χ3n) is 2.47. The van der Waals surface area contributed by atoms with E-state index < -0.39 is 30.6 Å². The van der Waals surface area contributed by atoms with Gasteiger partial charge in [0.25, 0.3) is 0 Å². The quantitative estimate of drug-likeness (QED) is 0.691. The molecule has 0 atom stereocenters. The summed E-state index contributed by atoms with van der Waals surface area (Å²) in [7, 11) is -7.94. The predicted molar refractivity (Wildman–Crippen MR) is 70.8 cm³/mol. The van der Waals surface area contributed by atoms with Crippen molar-refractivity contribution in [2.45, 2.75) is 29.3 Å². The lowest BCUT2D eigenvalue weighted by Gasteiger charge is -2.34. The van der Waals surface area contributed by atoms with E-state index in [2.05, 4.69) is 10.0 Å². The summed E-state index contributed by atoms with van der Waals surface area (Å²) in [5, 5.41) is 7.75. The summed E-state index contributed by atoms with van der Waals surface area (Å²) in [5.74, 6) is 0. The van der Waals surface area contributed by atoms with E-state index in [0.29, 0.717) is 0 Å². The number of sulfonamides is 2. The number of hydrogen-bond donors (Lipinski definition) is 3. The summed E-state index contributed by atoms with van der Waals surface area (Å²) >= 11 is 5.82. The normalized spacial score (nSPS) is 20.4. The molecule has 4 N–H and O–H groups in total. The molecule has 1 aliphatic heterocycles. The fraction of sp³-hybridized carbons (Fsp3) is 0.333. The molecule has 0 bridgehead atoms. The van der Waals surface area contributed by atoms with E-state index in [9.17, 15) is 16.8 Å². The largest absolute Gasteiger partial charge is 0.366 e. The molecule has 0 saturated heterocycles. The number of nitrogens with two attached hydrogens (primary N) is 1. The third kappa shape index (κ3) is 2.70. The van der Waals surface area contributed by atoms with Crippen LogP contribution in [0.15, 0.2) is 21.9 Å². The highest BCUT2D eigenvalue weighted by Gasteiger charge is 2.35. The summed E-state index contributed by atoms with van der Waals surface area (Å²) in [5.41, 5.74) is -0.681. The Labute approximate surface area is 116 Å². The Kier molecular flexibility index (Phi) is 3.11. The molecule has 0 fully saturated rings. The van der Waals surface area contributed by atoms with Crippen molar-refractivity contribution in [3.05, 3.63) is 17.2 Å². The van der Waals surface area contributed by atoms with Gasteiger partial charge in [0, 0.05) is 0 Å². The fourth-order valence-electron chi connectivity index (χ4n) is 1.83. The van der Waals surface area contributed by atoms with Crippen LogP contribution in [-0.2, 0) is 20.0 Å². The SMILES string of the molecule is CC1(C)Nc2cc(Cl)c(S(N)(=O)=O)cc2S(=O)(=O)N1. The van der Waals surface area contributed by atoms with Crippen LogP contribution in [0.4, 0.5) is 5.69 Å². The molecule has 10 heteroatoms. The van der Waals surface area contributed by atoms with Crippen LogP contribution >= 0.6 is 11.6 Å². The van der Waals surface area contributed by atoms with Crippen LogP contribution in [0.5, 0.6) is 0 Å². The maximum absolute atomic E-state index is 12.0. The molecule has 1 aliphatic rings. The lowest BCUT2D eigenvalue weighted by molar-refractivity contribution is 0.491. The first-order valence-electron chi connectivity index (χ1n) is 5.11. The summed E-state index contributed by atoms with van der Waals surface area (Å²) in [4.78, 5) is -0.639. The zero-order chi connectivity index (χ0) is 14.6. The molecular weight excluding hydrogens is 314 g/mol. The second kappa shape index (κ2) is 4.06. The van der Waals surface area contributed by atoms with Crippen molar-refractivity contribution < 1.29 is 16.8 Å². The second-order valence-corrected chi connectivity index (χ2v) is 8.27. The van der Waals surface area contributed by atoms with Gasteiger partial charge in [-0.05, 0) is 26.0 Å². The molecule has 0 unspecified atom stereocenters. The van der Waals surface area contributed by atoms with Crippen molar-refractivity contribution in [2.24, 2.45) is 5.14 Å². The molecule has 0 radical (unpaired) electrons. The van der Waals surface area contributed by atoms with E-state index in [4.69, 9.17) is 16.7 Å². The number of primary sulfonamides is 1. The van der Waals surface area contributed by atoms with Gasteiger partial charge in [-0.15, -0.1) is 0 Å². The first-order valence-corrected chi connectivity index (χ1v) is 8.52. The number of rotatable bonds is 1. The van der Waals surface area contributed by atoms with Crippen LogP contribution in [0.2, 0.25) is 5.02 Å². The van der Waals surface area contributed by atoms with Gasteiger partial charge < -0.3 is 5.32 Å². The lowest BCUT2D eigenvalue weighted by Crippen LogP contribution is -2.52.